The van der Waals surface area contributed by atoms with Crippen LogP contribution in [0, 0.1) is 5.92 Å². The lowest BCUT2D eigenvalue weighted by molar-refractivity contribution is -0.144. The second-order valence-corrected chi connectivity index (χ2v) is 8.00. The Morgan fingerprint density at radius 1 is 1.14 bits per heavy atom. The molecule has 29 heavy (non-hydrogen) atoms. The third kappa shape index (κ3) is 3.14. The van der Waals surface area contributed by atoms with Crippen molar-refractivity contribution in [2.24, 2.45) is 5.92 Å². The maximum Gasteiger partial charge on any atom is 0.334 e. The summed E-state index contributed by atoms with van der Waals surface area (Å²) in [6.45, 7) is 3.61. The summed E-state index contributed by atoms with van der Waals surface area (Å²) in [4.78, 5) is 55.9. The fraction of sp³-hybridized carbons (Fsp3) is 0.455. The number of carbonyl (C=O) groups is 4. The Kier molecular flexibility index (Phi) is 4.98. The fourth-order valence-electron chi connectivity index (χ4n) is 4.61. The summed E-state index contributed by atoms with van der Waals surface area (Å²) in [6.07, 6.45) is 6.04. The first kappa shape index (κ1) is 19.4. The van der Waals surface area contributed by atoms with Crippen LogP contribution in [0.5, 0.6) is 0 Å². The molecule has 2 atom stereocenters. The van der Waals surface area contributed by atoms with Crippen molar-refractivity contribution in [2.75, 3.05) is 6.54 Å². The standard InChI is InChI=1S/C22H25N3O4/c1-3-14-8-6-9-15-16(11-23-19(14)15)18(26)12-24-20(27)21(28)25(22(24)29)17-10-5-4-7-13(17)2/h6,8-9,11,13,17,23H,3-5,7,10,12H2,1-2H3/t13-,17-/m0/s1. The lowest BCUT2D eigenvalue weighted by Gasteiger charge is -2.34. The van der Waals surface area contributed by atoms with Gasteiger partial charge in [0.05, 0.1) is 6.54 Å². The first-order valence-electron chi connectivity index (χ1n) is 10.2. The highest BCUT2D eigenvalue weighted by Gasteiger charge is 2.49. The fourth-order valence-corrected chi connectivity index (χ4v) is 4.61. The van der Waals surface area contributed by atoms with E-state index in [0.29, 0.717) is 12.0 Å². The van der Waals surface area contributed by atoms with Crippen LogP contribution in [0.2, 0.25) is 0 Å². The number of H-pyrrole nitrogens is 1. The van der Waals surface area contributed by atoms with Crippen LogP contribution in [0.25, 0.3) is 10.9 Å². The highest BCUT2D eigenvalue weighted by Crippen LogP contribution is 2.31. The van der Waals surface area contributed by atoms with E-state index in [1.807, 2.05) is 32.0 Å². The number of rotatable bonds is 5. The molecule has 4 amide bonds. The minimum absolute atomic E-state index is 0.154. The average molecular weight is 395 g/mol. The summed E-state index contributed by atoms with van der Waals surface area (Å²) < 4.78 is 0. The Labute approximate surface area is 169 Å². The lowest BCUT2D eigenvalue weighted by atomic mass is 9.85. The predicted molar refractivity (Wildman–Crippen MR) is 107 cm³/mol. The van der Waals surface area contributed by atoms with Crippen LogP contribution in [0.3, 0.4) is 0 Å². The molecule has 0 unspecified atom stereocenters. The van der Waals surface area contributed by atoms with Gasteiger partial charge in [-0.25, -0.2) is 9.69 Å². The van der Waals surface area contributed by atoms with Crippen LogP contribution in [0.1, 0.15) is 55.5 Å². The van der Waals surface area contributed by atoms with Crippen molar-refractivity contribution in [3.63, 3.8) is 0 Å². The molecule has 1 aromatic heterocycles. The van der Waals surface area contributed by atoms with E-state index in [1.165, 1.54) is 0 Å². The number of hydrogen-bond acceptors (Lipinski definition) is 4. The minimum Gasteiger partial charge on any atom is -0.360 e. The van der Waals surface area contributed by atoms with Crippen molar-refractivity contribution in [2.45, 2.75) is 52.0 Å². The van der Waals surface area contributed by atoms with Gasteiger partial charge in [0.15, 0.2) is 5.78 Å². The number of para-hydroxylation sites is 1. The van der Waals surface area contributed by atoms with Gasteiger partial charge in [0.25, 0.3) is 0 Å². The highest BCUT2D eigenvalue weighted by atomic mass is 16.2. The van der Waals surface area contributed by atoms with Gasteiger partial charge in [-0.3, -0.25) is 19.3 Å². The van der Waals surface area contributed by atoms with E-state index >= 15 is 0 Å². The Balaban J connectivity index is 1.58. The number of amides is 4. The molecule has 1 saturated carbocycles. The molecule has 1 aliphatic carbocycles. The third-order valence-corrected chi connectivity index (χ3v) is 6.27. The van der Waals surface area contributed by atoms with Crippen molar-refractivity contribution >= 4 is 34.5 Å². The molecule has 0 radical (unpaired) electrons. The number of aromatic amines is 1. The molecule has 152 valence electrons. The molecule has 0 spiro atoms. The number of imide groups is 2. The van der Waals surface area contributed by atoms with Crippen LogP contribution in [0.15, 0.2) is 24.4 Å². The second kappa shape index (κ2) is 7.46. The van der Waals surface area contributed by atoms with E-state index < -0.39 is 24.4 Å². The molecule has 2 aliphatic rings. The zero-order valence-electron chi connectivity index (χ0n) is 16.7. The molecule has 1 saturated heterocycles. The maximum atomic E-state index is 12.9. The molecule has 7 heteroatoms. The topological polar surface area (TPSA) is 90.6 Å². The Morgan fingerprint density at radius 2 is 1.90 bits per heavy atom. The van der Waals surface area contributed by atoms with Crippen molar-refractivity contribution in [3.05, 3.63) is 35.5 Å². The van der Waals surface area contributed by atoms with Crippen LogP contribution in [0.4, 0.5) is 4.79 Å². The van der Waals surface area contributed by atoms with Gasteiger partial charge in [-0.15, -0.1) is 0 Å². The third-order valence-electron chi connectivity index (χ3n) is 6.27. The van der Waals surface area contributed by atoms with Crippen molar-refractivity contribution in [1.29, 1.82) is 0 Å². The Hall–Kier alpha value is -2.96. The van der Waals surface area contributed by atoms with E-state index in [-0.39, 0.29) is 17.7 Å². The van der Waals surface area contributed by atoms with Crippen molar-refractivity contribution < 1.29 is 19.2 Å². The number of ketones is 1. The predicted octanol–water partition coefficient (Wildman–Crippen LogP) is 3.28. The van der Waals surface area contributed by atoms with Crippen LogP contribution in [-0.2, 0) is 16.0 Å². The van der Waals surface area contributed by atoms with Crippen LogP contribution < -0.4 is 0 Å². The molecular weight excluding hydrogens is 370 g/mol. The number of carbonyl (C=O) groups excluding carboxylic acids is 4. The monoisotopic (exact) mass is 395 g/mol. The highest BCUT2D eigenvalue weighted by molar-refractivity contribution is 6.45. The molecule has 2 fully saturated rings. The van der Waals surface area contributed by atoms with Crippen molar-refractivity contribution in [3.8, 4) is 0 Å². The quantitative estimate of drug-likeness (QED) is 0.478. The molecule has 0 bridgehead atoms. The summed E-state index contributed by atoms with van der Waals surface area (Å²) >= 11 is 0. The van der Waals surface area contributed by atoms with Gasteiger partial charge in [-0.1, -0.05) is 44.9 Å². The molecule has 1 N–H and O–H groups in total. The number of nitrogens with zero attached hydrogens (tertiary/aromatic N) is 2. The molecule has 2 heterocycles. The first-order chi connectivity index (χ1) is 13.9. The SMILES string of the molecule is CCc1cccc2c(C(=O)CN3C(=O)C(=O)N([C@H]4CCCC[C@@H]4C)C3=O)c[nH]c12. The van der Waals surface area contributed by atoms with E-state index in [1.54, 1.807) is 6.20 Å². The summed E-state index contributed by atoms with van der Waals surface area (Å²) in [5.41, 5.74) is 2.39. The number of urea groups is 1. The lowest BCUT2D eigenvalue weighted by Crippen LogP contribution is -2.46. The average Bonchev–Trinajstić information content (AvgIpc) is 3.24. The minimum atomic E-state index is -0.907. The van der Waals surface area contributed by atoms with Crippen LogP contribution >= 0.6 is 0 Å². The molecule has 7 nitrogen and oxygen atoms in total. The van der Waals surface area contributed by atoms with Crippen molar-refractivity contribution in [1.82, 2.24) is 14.8 Å². The number of fused-ring (bicyclic) bond motifs is 1. The summed E-state index contributed by atoms with van der Waals surface area (Å²) in [7, 11) is 0. The summed E-state index contributed by atoms with van der Waals surface area (Å²) in [5, 5.41) is 0.762. The summed E-state index contributed by atoms with van der Waals surface area (Å²) in [5.74, 6) is -1.93. The van der Waals surface area contributed by atoms with E-state index in [2.05, 4.69) is 4.98 Å². The van der Waals surface area contributed by atoms with Gasteiger partial charge < -0.3 is 4.98 Å². The largest absolute Gasteiger partial charge is 0.360 e. The second-order valence-electron chi connectivity index (χ2n) is 8.00. The maximum absolute atomic E-state index is 12.9. The van der Waals surface area contributed by atoms with Gasteiger partial charge >= 0.3 is 17.8 Å². The van der Waals surface area contributed by atoms with E-state index in [4.69, 9.17) is 0 Å². The first-order valence-corrected chi connectivity index (χ1v) is 10.2. The summed E-state index contributed by atoms with van der Waals surface area (Å²) in [6, 6.07) is 4.78. The molecule has 1 aromatic carbocycles. The van der Waals surface area contributed by atoms with Gasteiger partial charge in [-0.2, -0.15) is 0 Å². The Bertz CT molecular complexity index is 1010. The molecule has 2 aromatic rings. The number of nitrogens with one attached hydrogen (secondary N) is 1. The smallest absolute Gasteiger partial charge is 0.334 e. The molecule has 1 aliphatic heterocycles. The number of aromatic nitrogens is 1. The number of hydrogen-bond donors (Lipinski definition) is 1. The zero-order chi connectivity index (χ0) is 20.7. The zero-order valence-corrected chi connectivity index (χ0v) is 16.7. The Morgan fingerprint density at radius 3 is 2.62 bits per heavy atom. The number of aryl methyl sites for hydroxylation is 1. The number of Topliss-reactive ketones (excluding diaryl/α,β-unsaturated/α-hetero) is 1. The van der Waals surface area contributed by atoms with Crippen LogP contribution in [-0.4, -0.2) is 51.0 Å². The van der Waals surface area contributed by atoms with Gasteiger partial charge in [0.1, 0.15) is 0 Å². The van der Waals surface area contributed by atoms with E-state index in [9.17, 15) is 19.2 Å². The van der Waals surface area contributed by atoms with Gasteiger partial charge in [-0.05, 0) is 30.7 Å². The molecular formula is C22H25N3O4. The molecule has 4 rings (SSSR count). The van der Waals surface area contributed by atoms with E-state index in [0.717, 1.165) is 51.9 Å². The number of benzene rings is 1. The van der Waals surface area contributed by atoms with Gasteiger partial charge in [0.2, 0.25) is 0 Å². The van der Waals surface area contributed by atoms with Gasteiger partial charge in [0, 0.05) is 28.7 Å². The normalized spacial score (nSPS) is 22.8.